The van der Waals surface area contributed by atoms with Gasteiger partial charge in [-0.25, -0.2) is 0 Å². The zero-order valence-corrected chi connectivity index (χ0v) is 15.9. The van der Waals surface area contributed by atoms with Gasteiger partial charge in [0.25, 0.3) is 0 Å². The maximum atomic E-state index is 13.1. The van der Waals surface area contributed by atoms with E-state index in [-0.39, 0.29) is 36.1 Å². The van der Waals surface area contributed by atoms with Crippen LogP contribution in [-0.2, 0) is 4.79 Å². The van der Waals surface area contributed by atoms with E-state index in [4.69, 9.17) is 0 Å². The number of hydrogen-bond acceptors (Lipinski definition) is 3. The Bertz CT molecular complexity index is 453. The lowest BCUT2D eigenvalue weighted by atomic mass is 9.67. The lowest BCUT2D eigenvalue weighted by molar-refractivity contribution is -0.147. The van der Waals surface area contributed by atoms with E-state index >= 15 is 0 Å². The van der Waals surface area contributed by atoms with Crippen molar-refractivity contribution in [3.63, 3.8) is 0 Å². The Kier molecular flexibility index (Phi) is 8.31. The van der Waals surface area contributed by atoms with Gasteiger partial charge in [-0.3, -0.25) is 9.69 Å². The van der Waals surface area contributed by atoms with Crippen LogP contribution >= 0.6 is 24.8 Å². The Hall–Kier alpha value is -0.240. The smallest absolute Gasteiger partial charge is 0.341 e. The van der Waals surface area contributed by atoms with Crippen LogP contribution in [0.25, 0.3) is 0 Å². The second-order valence-corrected chi connectivity index (χ2v) is 7.27. The first-order valence-corrected chi connectivity index (χ1v) is 8.70. The summed E-state index contributed by atoms with van der Waals surface area (Å²) in [5, 5.41) is 3.37. The molecule has 4 nitrogen and oxygen atoms in total. The first kappa shape index (κ1) is 22.8. The molecule has 2 heterocycles. The first-order valence-electron chi connectivity index (χ1n) is 8.70. The maximum Gasteiger partial charge on any atom is 0.401 e. The number of fused-ring (bicyclic) bond motifs is 1. The Morgan fingerprint density at radius 1 is 1.08 bits per heavy atom. The van der Waals surface area contributed by atoms with E-state index in [0.29, 0.717) is 38.5 Å². The molecule has 0 aromatic heterocycles. The Morgan fingerprint density at radius 3 is 2.56 bits per heavy atom. The highest BCUT2D eigenvalue weighted by atomic mass is 35.5. The number of nitrogens with one attached hydrogen (secondary N) is 1. The third-order valence-corrected chi connectivity index (χ3v) is 5.74. The summed E-state index contributed by atoms with van der Waals surface area (Å²) in [5.41, 5.74) is -0.294. The molecule has 0 spiro atoms. The number of carbonyl (C=O) groups excluding carboxylic acids is 1. The van der Waals surface area contributed by atoms with Crippen molar-refractivity contribution in [3.05, 3.63) is 0 Å². The summed E-state index contributed by atoms with van der Waals surface area (Å²) in [5.74, 6) is 0.583. The molecule has 3 rings (SSSR count). The van der Waals surface area contributed by atoms with Crippen LogP contribution in [0.4, 0.5) is 13.2 Å². The van der Waals surface area contributed by atoms with Crippen molar-refractivity contribution in [2.75, 3.05) is 45.8 Å². The van der Waals surface area contributed by atoms with Crippen LogP contribution in [0.15, 0.2) is 0 Å². The van der Waals surface area contributed by atoms with Gasteiger partial charge in [-0.1, -0.05) is 12.8 Å². The summed E-state index contributed by atoms with van der Waals surface area (Å²) in [7, 11) is 0. The van der Waals surface area contributed by atoms with Gasteiger partial charge in [-0.05, 0) is 31.7 Å². The molecule has 9 heteroatoms. The zero-order valence-electron chi connectivity index (χ0n) is 14.3. The van der Waals surface area contributed by atoms with Gasteiger partial charge in [-0.2, -0.15) is 13.2 Å². The van der Waals surface area contributed by atoms with E-state index in [1.54, 1.807) is 0 Å². The van der Waals surface area contributed by atoms with Crippen molar-refractivity contribution in [3.8, 4) is 0 Å². The highest BCUT2D eigenvalue weighted by molar-refractivity contribution is 5.85. The molecule has 1 saturated carbocycles. The van der Waals surface area contributed by atoms with Gasteiger partial charge in [-0.15, -0.1) is 24.8 Å². The highest BCUT2D eigenvalue weighted by Crippen LogP contribution is 2.45. The first-order chi connectivity index (χ1) is 10.9. The largest absolute Gasteiger partial charge is 0.401 e. The molecule has 25 heavy (non-hydrogen) atoms. The Balaban J connectivity index is 0.00000156. The standard InChI is InChI=1S/C16H26F3N3O.2ClH/c17-16(18,19)12-21-6-3-7-22(9-8-21)14(23)15-5-2-1-4-13(15)10-20-11-15;;/h13,20H,1-12H2;2*1H/t13-,15+;;/m0../s1. The van der Waals surface area contributed by atoms with Crippen LogP contribution in [-0.4, -0.2) is 67.7 Å². The fourth-order valence-corrected chi connectivity index (χ4v) is 4.57. The predicted octanol–water partition coefficient (Wildman–Crippen LogP) is 2.71. The molecule has 0 bridgehead atoms. The molecule has 0 radical (unpaired) electrons. The molecular formula is C16H28Cl2F3N3O. The van der Waals surface area contributed by atoms with Crippen LogP contribution in [0, 0.1) is 11.3 Å². The minimum Gasteiger partial charge on any atom is -0.341 e. The van der Waals surface area contributed by atoms with Gasteiger partial charge in [0.15, 0.2) is 0 Å². The lowest BCUT2D eigenvalue weighted by Crippen LogP contribution is -2.50. The van der Waals surface area contributed by atoms with Crippen molar-refractivity contribution < 1.29 is 18.0 Å². The number of nitrogens with zero attached hydrogens (tertiary/aromatic N) is 2. The minimum absolute atomic E-state index is 0. The summed E-state index contributed by atoms with van der Waals surface area (Å²) in [6.07, 6.45) is 0.732. The van der Waals surface area contributed by atoms with E-state index in [1.165, 1.54) is 11.3 Å². The second kappa shape index (κ2) is 9.11. The van der Waals surface area contributed by atoms with Gasteiger partial charge in [0.2, 0.25) is 5.91 Å². The van der Waals surface area contributed by atoms with Crippen molar-refractivity contribution in [1.29, 1.82) is 0 Å². The van der Waals surface area contributed by atoms with Crippen molar-refractivity contribution in [2.24, 2.45) is 11.3 Å². The van der Waals surface area contributed by atoms with Crippen molar-refractivity contribution in [1.82, 2.24) is 15.1 Å². The molecule has 2 aliphatic heterocycles. The van der Waals surface area contributed by atoms with Crippen LogP contribution < -0.4 is 5.32 Å². The molecule has 148 valence electrons. The van der Waals surface area contributed by atoms with Crippen LogP contribution in [0.5, 0.6) is 0 Å². The molecule has 3 fully saturated rings. The number of carbonyl (C=O) groups is 1. The van der Waals surface area contributed by atoms with Crippen LogP contribution in [0.3, 0.4) is 0 Å². The summed E-state index contributed by atoms with van der Waals surface area (Å²) in [4.78, 5) is 16.4. The number of rotatable bonds is 2. The van der Waals surface area contributed by atoms with E-state index in [2.05, 4.69) is 5.32 Å². The van der Waals surface area contributed by atoms with E-state index in [1.807, 2.05) is 4.90 Å². The van der Waals surface area contributed by atoms with Gasteiger partial charge >= 0.3 is 6.18 Å². The van der Waals surface area contributed by atoms with Crippen molar-refractivity contribution in [2.45, 2.75) is 38.3 Å². The third-order valence-electron chi connectivity index (χ3n) is 5.74. The topological polar surface area (TPSA) is 35.6 Å². The summed E-state index contributed by atoms with van der Waals surface area (Å²) >= 11 is 0. The average molecular weight is 406 g/mol. The van der Waals surface area contributed by atoms with Crippen LogP contribution in [0.1, 0.15) is 32.1 Å². The molecule has 1 N–H and O–H groups in total. The number of halogens is 5. The van der Waals surface area contributed by atoms with Gasteiger partial charge in [0, 0.05) is 32.7 Å². The van der Waals surface area contributed by atoms with E-state index in [0.717, 1.165) is 32.4 Å². The molecule has 0 unspecified atom stereocenters. The second-order valence-electron chi connectivity index (χ2n) is 7.27. The predicted molar refractivity (Wildman–Crippen MR) is 95.4 cm³/mol. The molecule has 2 atom stereocenters. The monoisotopic (exact) mass is 405 g/mol. The Labute approximate surface area is 159 Å². The SMILES string of the molecule is Cl.Cl.O=C(N1CCCN(CC(F)(F)F)CC1)[C@@]12CCCC[C@H]1CNC2. The van der Waals surface area contributed by atoms with E-state index in [9.17, 15) is 18.0 Å². The van der Waals surface area contributed by atoms with Crippen molar-refractivity contribution >= 4 is 30.7 Å². The molecular weight excluding hydrogens is 378 g/mol. The summed E-state index contributed by atoms with van der Waals surface area (Å²) in [6, 6.07) is 0. The molecule has 1 amide bonds. The fraction of sp³-hybridized carbons (Fsp3) is 0.938. The fourth-order valence-electron chi connectivity index (χ4n) is 4.57. The van der Waals surface area contributed by atoms with Gasteiger partial charge < -0.3 is 10.2 Å². The minimum atomic E-state index is -4.16. The molecule has 0 aromatic carbocycles. The van der Waals surface area contributed by atoms with E-state index < -0.39 is 12.7 Å². The zero-order chi connectivity index (χ0) is 16.5. The maximum absolute atomic E-state index is 13.1. The third kappa shape index (κ3) is 5.15. The summed E-state index contributed by atoms with van der Waals surface area (Å²) < 4.78 is 37.7. The highest BCUT2D eigenvalue weighted by Gasteiger charge is 2.51. The number of amides is 1. The molecule has 3 aliphatic rings. The molecule has 0 aromatic rings. The van der Waals surface area contributed by atoms with Gasteiger partial charge in [0.1, 0.15) is 0 Å². The average Bonchev–Trinajstić information content (AvgIpc) is 2.81. The lowest BCUT2D eigenvalue weighted by Gasteiger charge is -2.40. The Morgan fingerprint density at radius 2 is 1.84 bits per heavy atom. The number of alkyl halides is 3. The summed E-state index contributed by atoms with van der Waals surface area (Å²) in [6.45, 7) is 2.51. The molecule has 1 aliphatic carbocycles. The quantitative estimate of drug-likeness (QED) is 0.766. The van der Waals surface area contributed by atoms with Crippen LogP contribution in [0.2, 0.25) is 0 Å². The van der Waals surface area contributed by atoms with Gasteiger partial charge in [0.05, 0.1) is 12.0 Å². The normalized spacial score (nSPS) is 30.7. The molecule has 2 saturated heterocycles. The number of hydrogen-bond donors (Lipinski definition) is 1.